The lowest BCUT2D eigenvalue weighted by Crippen LogP contribution is -1.96. The molecule has 18 heavy (non-hydrogen) atoms. The summed E-state index contributed by atoms with van der Waals surface area (Å²) in [6.07, 6.45) is 0.777. The molecule has 0 heterocycles. The highest BCUT2D eigenvalue weighted by Crippen LogP contribution is 2.34. The summed E-state index contributed by atoms with van der Waals surface area (Å²) in [7, 11) is 0. The number of hydrogen-bond donors (Lipinski definition) is 0. The van der Waals surface area contributed by atoms with Crippen LogP contribution in [0.5, 0.6) is 0 Å². The number of halogens is 4. The number of hydrogen-bond acceptors (Lipinski definition) is 0. The van der Waals surface area contributed by atoms with Crippen LogP contribution in [0.4, 0.5) is 4.39 Å². The lowest BCUT2D eigenvalue weighted by molar-refractivity contribution is 0.627. The van der Waals surface area contributed by atoms with Crippen LogP contribution in [0.15, 0.2) is 46.9 Å². The molecule has 1 atom stereocenters. The van der Waals surface area contributed by atoms with Crippen molar-refractivity contribution in [2.75, 3.05) is 0 Å². The fourth-order valence-electron chi connectivity index (χ4n) is 1.69. The second-order valence-electron chi connectivity index (χ2n) is 3.96. The zero-order valence-electron chi connectivity index (χ0n) is 9.34. The summed E-state index contributed by atoms with van der Waals surface area (Å²) in [5, 5.41) is 0.705. The molecule has 1 unspecified atom stereocenters. The summed E-state index contributed by atoms with van der Waals surface area (Å²) in [6, 6.07) is 12.2. The third-order valence-electron chi connectivity index (χ3n) is 2.62. The van der Waals surface area contributed by atoms with Gasteiger partial charge in [-0.05, 0) is 47.9 Å². The molecule has 0 spiro atoms. The van der Waals surface area contributed by atoms with Gasteiger partial charge in [-0.3, -0.25) is 0 Å². The van der Waals surface area contributed by atoms with Gasteiger partial charge in [0.2, 0.25) is 0 Å². The van der Waals surface area contributed by atoms with Crippen molar-refractivity contribution in [3.63, 3.8) is 0 Å². The Kier molecular flexibility index (Phi) is 4.82. The minimum Gasteiger partial charge on any atom is -0.207 e. The lowest BCUT2D eigenvalue weighted by Gasteiger charge is -2.13. The number of benzene rings is 2. The molecule has 4 heteroatoms. The van der Waals surface area contributed by atoms with Gasteiger partial charge >= 0.3 is 0 Å². The van der Waals surface area contributed by atoms with Crippen LogP contribution < -0.4 is 0 Å². The molecule has 0 bridgehead atoms. The minimum atomic E-state index is -0.214. The van der Waals surface area contributed by atoms with Crippen LogP contribution in [-0.4, -0.2) is 0 Å². The largest absolute Gasteiger partial charge is 0.207 e. The van der Waals surface area contributed by atoms with E-state index in [0.717, 1.165) is 22.0 Å². The van der Waals surface area contributed by atoms with Crippen LogP contribution in [0.3, 0.4) is 0 Å². The third kappa shape index (κ3) is 3.56. The van der Waals surface area contributed by atoms with Crippen molar-refractivity contribution in [2.24, 2.45) is 0 Å². The van der Waals surface area contributed by atoms with Crippen molar-refractivity contribution in [2.45, 2.75) is 11.2 Å². The first-order chi connectivity index (χ1) is 8.56. The molecule has 0 aliphatic carbocycles. The first-order valence-corrected chi connectivity index (χ1v) is 7.48. The number of rotatable bonds is 3. The van der Waals surface area contributed by atoms with Crippen molar-refractivity contribution in [1.29, 1.82) is 0 Å². The van der Waals surface area contributed by atoms with Gasteiger partial charge in [-0.2, -0.15) is 0 Å². The quantitative estimate of drug-likeness (QED) is 0.569. The SMILES string of the molecule is Fc1ccc(CC(Br)c2cc(Cl)ccc2Br)cc1. The van der Waals surface area contributed by atoms with Crippen molar-refractivity contribution < 1.29 is 4.39 Å². The van der Waals surface area contributed by atoms with Gasteiger partial charge in [0.15, 0.2) is 0 Å². The van der Waals surface area contributed by atoms with E-state index < -0.39 is 0 Å². The molecule has 2 aromatic rings. The normalized spacial score (nSPS) is 12.4. The maximum atomic E-state index is 12.8. The van der Waals surface area contributed by atoms with E-state index in [0.29, 0.717) is 5.02 Å². The van der Waals surface area contributed by atoms with Crippen LogP contribution in [0.2, 0.25) is 5.02 Å². The van der Waals surface area contributed by atoms with Gasteiger partial charge in [0.05, 0.1) is 0 Å². The van der Waals surface area contributed by atoms with Crippen LogP contribution in [0.25, 0.3) is 0 Å². The highest BCUT2D eigenvalue weighted by molar-refractivity contribution is 9.11. The molecule has 94 valence electrons. The summed E-state index contributed by atoms with van der Waals surface area (Å²) in [6.45, 7) is 0. The standard InChI is InChI=1S/C14H10Br2ClF/c15-13-6-3-10(17)8-12(13)14(16)7-9-1-4-11(18)5-2-9/h1-6,8,14H,7H2. The van der Waals surface area contributed by atoms with Crippen molar-refractivity contribution in [1.82, 2.24) is 0 Å². The molecule has 0 fully saturated rings. The molecule has 0 amide bonds. The van der Waals surface area contributed by atoms with Crippen LogP contribution in [0.1, 0.15) is 16.0 Å². The van der Waals surface area contributed by atoms with Gasteiger partial charge in [-0.15, -0.1) is 0 Å². The van der Waals surface area contributed by atoms with E-state index in [1.165, 1.54) is 12.1 Å². The predicted octanol–water partition coefficient (Wildman–Crippen LogP) is 5.92. The molecule has 0 nitrogen and oxygen atoms in total. The second-order valence-corrected chi connectivity index (χ2v) is 6.36. The van der Waals surface area contributed by atoms with Gasteiger partial charge < -0.3 is 0 Å². The van der Waals surface area contributed by atoms with E-state index in [1.807, 2.05) is 18.2 Å². The molecule has 0 aliphatic rings. The zero-order chi connectivity index (χ0) is 13.1. The molecule has 0 saturated heterocycles. The molecule has 0 saturated carbocycles. The van der Waals surface area contributed by atoms with E-state index in [9.17, 15) is 4.39 Å². The van der Waals surface area contributed by atoms with Crippen LogP contribution in [-0.2, 0) is 6.42 Å². The van der Waals surface area contributed by atoms with Gasteiger partial charge in [-0.1, -0.05) is 55.6 Å². The molecule has 0 aromatic heterocycles. The highest BCUT2D eigenvalue weighted by Gasteiger charge is 2.12. The first kappa shape index (κ1) is 14.0. The molecule has 0 aliphatic heterocycles. The van der Waals surface area contributed by atoms with E-state index in [1.54, 1.807) is 12.1 Å². The van der Waals surface area contributed by atoms with Crippen molar-refractivity contribution in [3.8, 4) is 0 Å². The van der Waals surface area contributed by atoms with E-state index in [2.05, 4.69) is 31.9 Å². The fourth-order valence-corrected chi connectivity index (χ4v) is 3.46. The minimum absolute atomic E-state index is 0.135. The summed E-state index contributed by atoms with van der Waals surface area (Å²) >= 11 is 13.1. The van der Waals surface area contributed by atoms with Crippen molar-refractivity contribution >= 4 is 43.5 Å². The monoisotopic (exact) mass is 390 g/mol. The summed E-state index contributed by atoms with van der Waals surface area (Å²) in [4.78, 5) is 0.135. The van der Waals surface area contributed by atoms with Gasteiger partial charge in [0.25, 0.3) is 0 Å². The summed E-state index contributed by atoms with van der Waals surface area (Å²) < 4.78 is 13.8. The third-order valence-corrected chi connectivity index (χ3v) is 4.40. The highest BCUT2D eigenvalue weighted by atomic mass is 79.9. The van der Waals surface area contributed by atoms with Gasteiger partial charge in [0, 0.05) is 14.3 Å². The predicted molar refractivity (Wildman–Crippen MR) is 80.9 cm³/mol. The van der Waals surface area contributed by atoms with E-state index >= 15 is 0 Å². The van der Waals surface area contributed by atoms with Gasteiger partial charge in [-0.25, -0.2) is 4.39 Å². The maximum absolute atomic E-state index is 12.8. The molecular weight excluding hydrogens is 382 g/mol. The zero-order valence-corrected chi connectivity index (χ0v) is 13.3. The Balaban J connectivity index is 2.18. The lowest BCUT2D eigenvalue weighted by atomic mass is 10.0. The average Bonchev–Trinajstić information content (AvgIpc) is 2.35. The molecule has 0 radical (unpaired) electrons. The first-order valence-electron chi connectivity index (χ1n) is 5.40. The Hall–Kier alpha value is -0.380. The second kappa shape index (κ2) is 6.18. The van der Waals surface area contributed by atoms with Crippen LogP contribution >= 0.6 is 43.5 Å². The summed E-state index contributed by atoms with van der Waals surface area (Å²) in [5.74, 6) is -0.214. The topological polar surface area (TPSA) is 0 Å². The molecule has 0 N–H and O–H groups in total. The Labute approximate surface area is 127 Å². The van der Waals surface area contributed by atoms with E-state index in [-0.39, 0.29) is 10.6 Å². The molecule has 2 rings (SSSR count). The summed E-state index contributed by atoms with van der Waals surface area (Å²) in [5.41, 5.74) is 2.16. The average molecular weight is 392 g/mol. The molecule has 2 aromatic carbocycles. The smallest absolute Gasteiger partial charge is 0.123 e. The Morgan fingerprint density at radius 2 is 1.78 bits per heavy atom. The van der Waals surface area contributed by atoms with Crippen molar-refractivity contribution in [3.05, 3.63) is 68.9 Å². The molecular formula is C14H10Br2ClF. The van der Waals surface area contributed by atoms with Crippen LogP contribution in [0, 0.1) is 5.82 Å². The van der Waals surface area contributed by atoms with E-state index in [4.69, 9.17) is 11.6 Å². The Morgan fingerprint density at radius 1 is 1.11 bits per heavy atom. The fraction of sp³-hybridized carbons (Fsp3) is 0.143. The Bertz CT molecular complexity index is 540. The maximum Gasteiger partial charge on any atom is 0.123 e. The van der Waals surface area contributed by atoms with Gasteiger partial charge in [0.1, 0.15) is 5.82 Å². The Morgan fingerprint density at radius 3 is 2.44 bits per heavy atom. The number of alkyl halides is 1.